The molecule has 0 aromatic heterocycles. The number of rotatable bonds is 10. The predicted molar refractivity (Wildman–Crippen MR) is 119 cm³/mol. The molecule has 8 nitrogen and oxygen atoms in total. The van der Waals surface area contributed by atoms with E-state index in [0.717, 1.165) is 18.7 Å². The third kappa shape index (κ3) is 7.06. The van der Waals surface area contributed by atoms with E-state index < -0.39 is 7.60 Å². The molecule has 0 heterocycles. The van der Waals surface area contributed by atoms with Gasteiger partial charge in [-0.3, -0.25) is 9.36 Å². The van der Waals surface area contributed by atoms with Gasteiger partial charge in [0.1, 0.15) is 0 Å². The lowest BCUT2D eigenvalue weighted by atomic mass is 10.1. The van der Waals surface area contributed by atoms with Crippen molar-refractivity contribution in [2.24, 2.45) is 16.1 Å². The van der Waals surface area contributed by atoms with E-state index in [9.17, 15) is 19.1 Å². The Balaban J connectivity index is 1.99. The van der Waals surface area contributed by atoms with Crippen molar-refractivity contribution in [3.63, 3.8) is 0 Å². The average molecular weight is 432 g/mol. The van der Waals surface area contributed by atoms with Gasteiger partial charge in [-0.15, -0.1) is 0 Å². The van der Waals surface area contributed by atoms with Crippen LogP contribution in [-0.2, 0) is 9.36 Å². The minimum absolute atomic E-state index is 0.0205. The normalized spacial score (nSPS) is 12.7. The summed E-state index contributed by atoms with van der Waals surface area (Å²) in [6.07, 6.45) is 0.822. The van der Waals surface area contributed by atoms with Gasteiger partial charge in [-0.25, -0.2) is 0 Å². The third-order valence-electron chi connectivity index (χ3n) is 4.78. The number of azo groups is 1. The van der Waals surface area contributed by atoms with Crippen molar-refractivity contribution in [2.75, 3.05) is 24.5 Å². The van der Waals surface area contributed by atoms with Crippen LogP contribution in [-0.4, -0.2) is 35.3 Å². The second-order valence-electron chi connectivity index (χ2n) is 6.96. The van der Waals surface area contributed by atoms with E-state index in [1.165, 1.54) is 18.2 Å². The van der Waals surface area contributed by atoms with Crippen LogP contribution in [0, 0.1) is 5.92 Å². The summed E-state index contributed by atoms with van der Waals surface area (Å²) < 4.78 is 11.3. The van der Waals surface area contributed by atoms with Crippen molar-refractivity contribution in [1.29, 1.82) is 0 Å². The molecule has 162 valence electrons. The summed E-state index contributed by atoms with van der Waals surface area (Å²) in [5.74, 6) is 0.0965. The van der Waals surface area contributed by atoms with Crippen molar-refractivity contribution in [3.8, 4) is 0 Å². The smallest absolute Gasteiger partial charge is 0.356 e. The summed E-state index contributed by atoms with van der Waals surface area (Å²) in [5.41, 5.74) is 2.01. The van der Waals surface area contributed by atoms with Crippen LogP contribution in [0.25, 0.3) is 0 Å². The lowest BCUT2D eigenvalue weighted by Crippen LogP contribution is -2.37. The molecule has 0 aliphatic rings. The van der Waals surface area contributed by atoms with Gasteiger partial charge in [0.05, 0.1) is 16.7 Å². The quantitative estimate of drug-likeness (QED) is 0.389. The van der Waals surface area contributed by atoms with Crippen LogP contribution >= 0.6 is 7.60 Å². The van der Waals surface area contributed by atoms with Crippen LogP contribution in [0.15, 0.2) is 58.8 Å². The fourth-order valence-corrected chi connectivity index (χ4v) is 3.31. The maximum Gasteiger partial charge on any atom is 0.356 e. The number of likely N-dealkylation sites (N-methyl/N-ethyl adjacent to an activating group) is 1. The monoisotopic (exact) mass is 432 g/mol. The zero-order valence-corrected chi connectivity index (χ0v) is 18.4. The summed E-state index contributed by atoms with van der Waals surface area (Å²) >= 11 is 0. The van der Waals surface area contributed by atoms with Gasteiger partial charge in [-0.1, -0.05) is 19.9 Å². The maximum atomic E-state index is 11.9. The highest BCUT2D eigenvalue weighted by Gasteiger charge is 2.16. The number of hydrogen-bond donors (Lipinski definition) is 3. The fraction of sp³-hybridized carbons (Fsp3) is 0.381. The van der Waals surface area contributed by atoms with Gasteiger partial charge in [0.25, 0.3) is 0 Å². The second kappa shape index (κ2) is 11.0. The Morgan fingerprint density at radius 2 is 1.77 bits per heavy atom. The maximum absolute atomic E-state index is 11.9. The molecule has 1 atom stereocenters. The molecule has 0 aliphatic carbocycles. The lowest BCUT2D eigenvalue weighted by molar-refractivity contribution is -0.124. The molecule has 0 bridgehead atoms. The summed E-state index contributed by atoms with van der Waals surface area (Å²) in [6, 6.07) is 13.4. The molecule has 0 spiro atoms. The van der Waals surface area contributed by atoms with Gasteiger partial charge in [-0.05, 0) is 55.8 Å². The van der Waals surface area contributed by atoms with Crippen molar-refractivity contribution in [2.45, 2.75) is 27.2 Å². The first kappa shape index (κ1) is 23.7. The molecule has 3 N–H and O–H groups in total. The second-order valence-corrected chi connectivity index (χ2v) is 8.56. The number of nitrogens with zero attached hydrogens (tertiary/aromatic N) is 3. The molecule has 2 aromatic carbocycles. The van der Waals surface area contributed by atoms with Gasteiger partial charge < -0.3 is 20.0 Å². The van der Waals surface area contributed by atoms with Crippen LogP contribution in [0.4, 0.5) is 17.1 Å². The van der Waals surface area contributed by atoms with Crippen molar-refractivity contribution in [3.05, 3.63) is 48.5 Å². The van der Waals surface area contributed by atoms with Crippen molar-refractivity contribution >= 4 is 35.9 Å². The third-order valence-corrected chi connectivity index (χ3v) is 5.74. The first-order valence-electron chi connectivity index (χ1n) is 9.95. The van der Waals surface area contributed by atoms with E-state index >= 15 is 0 Å². The largest absolute Gasteiger partial charge is 0.370 e. The number of nitrogens with one attached hydrogen (secondary N) is 1. The number of anilines is 1. The fourth-order valence-electron chi connectivity index (χ4n) is 2.73. The van der Waals surface area contributed by atoms with E-state index in [4.69, 9.17) is 0 Å². The summed E-state index contributed by atoms with van der Waals surface area (Å²) in [4.78, 5) is 32.5. The number of amides is 1. The molecule has 0 unspecified atom stereocenters. The highest BCUT2D eigenvalue weighted by atomic mass is 31.2. The van der Waals surface area contributed by atoms with Crippen LogP contribution in [0.5, 0.6) is 0 Å². The van der Waals surface area contributed by atoms with Gasteiger partial charge in [-0.2, -0.15) is 10.2 Å². The number of carbonyl (C=O) groups is 1. The number of hydrogen-bond acceptors (Lipinski definition) is 5. The van der Waals surface area contributed by atoms with E-state index in [0.29, 0.717) is 24.5 Å². The minimum Gasteiger partial charge on any atom is -0.370 e. The highest BCUT2D eigenvalue weighted by Crippen LogP contribution is 2.34. The Bertz CT molecular complexity index is 911. The first-order chi connectivity index (χ1) is 14.2. The molecule has 30 heavy (non-hydrogen) atoms. The minimum atomic E-state index is -4.32. The van der Waals surface area contributed by atoms with Gasteiger partial charge >= 0.3 is 7.60 Å². The topological polar surface area (TPSA) is 115 Å². The molecule has 0 radical (unpaired) electrons. The Morgan fingerprint density at radius 3 is 2.37 bits per heavy atom. The summed E-state index contributed by atoms with van der Waals surface area (Å²) in [6.45, 7) is 8.05. The SMILES string of the molecule is CC[C@@H](C)C(=O)NCCN(CC)c1ccc(/N=N/c2cccc(P(=O)(O)O)c2)cc1. The molecular weight excluding hydrogens is 403 g/mol. The molecule has 0 saturated heterocycles. The number of carbonyl (C=O) groups excluding carboxylic acids is 1. The van der Waals surface area contributed by atoms with Gasteiger partial charge in [0.2, 0.25) is 5.91 Å². The van der Waals surface area contributed by atoms with E-state index in [1.54, 1.807) is 6.07 Å². The van der Waals surface area contributed by atoms with Crippen LogP contribution < -0.4 is 15.5 Å². The van der Waals surface area contributed by atoms with Crippen molar-refractivity contribution in [1.82, 2.24) is 5.32 Å². The molecule has 0 saturated carbocycles. The lowest BCUT2D eigenvalue weighted by Gasteiger charge is -2.23. The van der Waals surface area contributed by atoms with Crippen LogP contribution in [0.3, 0.4) is 0 Å². The predicted octanol–water partition coefficient (Wildman–Crippen LogP) is 3.89. The van der Waals surface area contributed by atoms with E-state index in [-0.39, 0.29) is 17.1 Å². The van der Waals surface area contributed by atoms with E-state index in [1.807, 2.05) is 38.1 Å². The molecular formula is C21H29N4O4P. The zero-order chi connectivity index (χ0) is 22.1. The Kier molecular flexibility index (Phi) is 8.72. The molecule has 1 amide bonds. The Labute approximate surface area is 177 Å². The number of benzene rings is 2. The molecule has 2 aromatic rings. The molecule has 0 fully saturated rings. The van der Waals surface area contributed by atoms with Crippen LogP contribution in [0.2, 0.25) is 0 Å². The highest BCUT2D eigenvalue weighted by molar-refractivity contribution is 7.60. The zero-order valence-electron chi connectivity index (χ0n) is 17.5. The van der Waals surface area contributed by atoms with E-state index in [2.05, 4.69) is 27.4 Å². The van der Waals surface area contributed by atoms with Crippen molar-refractivity contribution < 1.29 is 19.1 Å². The summed E-state index contributed by atoms with van der Waals surface area (Å²) in [7, 11) is -4.32. The van der Waals surface area contributed by atoms with Gasteiger partial charge in [0, 0.05) is 31.2 Å². The Hall–Kier alpha value is -2.54. The molecule has 9 heteroatoms. The Morgan fingerprint density at radius 1 is 1.10 bits per heavy atom. The summed E-state index contributed by atoms with van der Waals surface area (Å²) in [5, 5.41) is 11.1. The molecule has 0 aliphatic heterocycles. The standard InChI is InChI=1S/C21H29N4O4P/c1-4-16(3)21(26)22-13-14-25(5-2)19-11-9-17(10-12-19)23-24-18-7-6-8-20(15-18)30(27,28)29/h6-12,15-16H,4-5,13-14H2,1-3H3,(H,22,26)(H2,27,28,29)/b24-23+/t16-/m1/s1. The molecule has 2 rings (SSSR count). The average Bonchev–Trinajstić information content (AvgIpc) is 2.74. The first-order valence-corrected chi connectivity index (χ1v) is 11.6. The van der Waals surface area contributed by atoms with Crippen LogP contribution in [0.1, 0.15) is 27.2 Å². The van der Waals surface area contributed by atoms with Gasteiger partial charge in [0.15, 0.2) is 0 Å².